The fourth-order valence-corrected chi connectivity index (χ4v) is 1.44. The summed E-state index contributed by atoms with van der Waals surface area (Å²) in [4.78, 5) is 13.7. The van der Waals surface area contributed by atoms with Crippen LogP contribution >= 0.6 is 0 Å². The summed E-state index contributed by atoms with van der Waals surface area (Å²) in [5.41, 5.74) is 6.99. The molecule has 0 aromatic carbocycles. The summed E-state index contributed by atoms with van der Waals surface area (Å²) < 4.78 is 1.70. The van der Waals surface area contributed by atoms with Gasteiger partial charge in [0.25, 0.3) is 5.91 Å². The second-order valence-corrected chi connectivity index (χ2v) is 3.44. The van der Waals surface area contributed by atoms with Crippen molar-refractivity contribution in [1.29, 1.82) is 0 Å². The molecule has 0 aliphatic heterocycles. The maximum absolute atomic E-state index is 12.0. The number of aromatic nitrogens is 2. The molecule has 0 saturated heterocycles. The normalized spacial score (nSPS) is 10.4. The van der Waals surface area contributed by atoms with Crippen LogP contribution in [0.15, 0.2) is 6.20 Å². The van der Waals surface area contributed by atoms with Gasteiger partial charge in [-0.2, -0.15) is 5.10 Å². The highest BCUT2D eigenvalue weighted by molar-refractivity contribution is 5.95. The Kier molecular flexibility index (Phi) is 3.85. The number of nitrogens with two attached hydrogens (primary N) is 1. The first-order chi connectivity index (χ1) is 7.11. The van der Waals surface area contributed by atoms with Crippen molar-refractivity contribution in [3.8, 4) is 0 Å². The first kappa shape index (κ1) is 11.7. The number of likely N-dealkylation sites (N-methyl/N-ethyl adjacent to an activating group) is 1. The average Bonchev–Trinajstić information content (AvgIpc) is 2.55. The lowest BCUT2D eigenvalue weighted by atomic mass is 10.2. The van der Waals surface area contributed by atoms with Gasteiger partial charge in [0, 0.05) is 32.4 Å². The maximum atomic E-state index is 12.0. The molecule has 0 unspecified atom stereocenters. The largest absolute Gasteiger partial charge is 0.338 e. The van der Waals surface area contributed by atoms with E-state index in [1.807, 2.05) is 20.9 Å². The highest BCUT2D eigenvalue weighted by atomic mass is 16.2. The van der Waals surface area contributed by atoms with Gasteiger partial charge in [0.05, 0.1) is 11.8 Å². The zero-order chi connectivity index (χ0) is 11.4. The molecule has 0 aliphatic rings. The van der Waals surface area contributed by atoms with E-state index in [0.29, 0.717) is 25.2 Å². The molecule has 2 N–H and O–H groups in total. The molecule has 0 bridgehead atoms. The van der Waals surface area contributed by atoms with E-state index in [1.165, 1.54) is 0 Å². The standard InChI is InChI=1S/C10H18N4O/c1-4-14(6-5-11)10(15)9-7-12-13(3)8(9)2/h7H,4-6,11H2,1-3H3. The Morgan fingerprint density at radius 1 is 1.67 bits per heavy atom. The van der Waals surface area contributed by atoms with Crippen LogP contribution in [-0.2, 0) is 7.05 Å². The van der Waals surface area contributed by atoms with E-state index in [-0.39, 0.29) is 5.91 Å². The molecule has 1 aromatic heterocycles. The number of nitrogens with zero attached hydrogens (tertiary/aromatic N) is 3. The summed E-state index contributed by atoms with van der Waals surface area (Å²) in [6.07, 6.45) is 1.61. The number of carbonyl (C=O) groups is 1. The van der Waals surface area contributed by atoms with E-state index >= 15 is 0 Å². The molecular formula is C10H18N4O. The van der Waals surface area contributed by atoms with E-state index in [2.05, 4.69) is 5.10 Å². The molecule has 0 fully saturated rings. The van der Waals surface area contributed by atoms with Gasteiger partial charge in [-0.05, 0) is 13.8 Å². The molecule has 0 aliphatic carbocycles. The summed E-state index contributed by atoms with van der Waals surface area (Å²) >= 11 is 0. The third kappa shape index (κ3) is 2.36. The van der Waals surface area contributed by atoms with Crippen LogP contribution < -0.4 is 5.73 Å². The molecule has 5 nitrogen and oxygen atoms in total. The molecule has 5 heteroatoms. The predicted octanol–water partition coefficient (Wildman–Crippen LogP) is 0.149. The number of carbonyl (C=O) groups excluding carboxylic acids is 1. The summed E-state index contributed by atoms with van der Waals surface area (Å²) in [6, 6.07) is 0. The van der Waals surface area contributed by atoms with Gasteiger partial charge in [-0.1, -0.05) is 0 Å². The molecule has 0 atom stereocenters. The molecule has 0 saturated carbocycles. The van der Waals surface area contributed by atoms with Gasteiger partial charge < -0.3 is 10.6 Å². The Morgan fingerprint density at radius 2 is 2.33 bits per heavy atom. The van der Waals surface area contributed by atoms with Gasteiger partial charge in [-0.15, -0.1) is 0 Å². The molecule has 15 heavy (non-hydrogen) atoms. The molecule has 1 aromatic rings. The highest BCUT2D eigenvalue weighted by Crippen LogP contribution is 2.09. The molecule has 1 amide bonds. The highest BCUT2D eigenvalue weighted by Gasteiger charge is 2.17. The Hall–Kier alpha value is -1.36. The fourth-order valence-electron chi connectivity index (χ4n) is 1.44. The zero-order valence-corrected chi connectivity index (χ0v) is 9.53. The van der Waals surface area contributed by atoms with Gasteiger partial charge in [0.1, 0.15) is 0 Å². The maximum Gasteiger partial charge on any atom is 0.257 e. The minimum atomic E-state index is 0.00792. The molecule has 1 rings (SSSR count). The lowest BCUT2D eigenvalue weighted by Gasteiger charge is -2.19. The van der Waals surface area contributed by atoms with Crippen LogP contribution in [0.1, 0.15) is 23.0 Å². The molecule has 0 spiro atoms. The van der Waals surface area contributed by atoms with Gasteiger partial charge in [-0.3, -0.25) is 9.48 Å². The number of hydrogen-bond acceptors (Lipinski definition) is 3. The van der Waals surface area contributed by atoms with Crippen LogP contribution in [0.3, 0.4) is 0 Å². The van der Waals surface area contributed by atoms with Crippen LogP contribution in [0.5, 0.6) is 0 Å². The number of hydrogen-bond donors (Lipinski definition) is 1. The lowest BCUT2D eigenvalue weighted by molar-refractivity contribution is 0.0768. The zero-order valence-electron chi connectivity index (χ0n) is 9.53. The van der Waals surface area contributed by atoms with E-state index in [1.54, 1.807) is 15.8 Å². The topological polar surface area (TPSA) is 64.2 Å². The second kappa shape index (κ2) is 4.93. The van der Waals surface area contributed by atoms with Gasteiger partial charge >= 0.3 is 0 Å². The Labute approximate surface area is 89.9 Å². The van der Waals surface area contributed by atoms with E-state index in [4.69, 9.17) is 5.73 Å². The first-order valence-electron chi connectivity index (χ1n) is 5.09. The van der Waals surface area contributed by atoms with Crippen molar-refractivity contribution in [2.45, 2.75) is 13.8 Å². The van der Waals surface area contributed by atoms with Crippen molar-refractivity contribution in [3.63, 3.8) is 0 Å². The van der Waals surface area contributed by atoms with E-state index < -0.39 is 0 Å². The summed E-state index contributed by atoms with van der Waals surface area (Å²) in [5, 5.41) is 4.05. The number of aryl methyl sites for hydroxylation is 1. The molecule has 1 heterocycles. The van der Waals surface area contributed by atoms with Crippen LogP contribution in [0.4, 0.5) is 0 Å². The summed E-state index contributed by atoms with van der Waals surface area (Å²) in [7, 11) is 1.82. The quantitative estimate of drug-likeness (QED) is 0.769. The molecule has 84 valence electrons. The number of rotatable bonds is 4. The summed E-state index contributed by atoms with van der Waals surface area (Å²) in [6.45, 7) is 5.57. The molecule has 0 radical (unpaired) electrons. The van der Waals surface area contributed by atoms with Gasteiger partial charge in [-0.25, -0.2) is 0 Å². The van der Waals surface area contributed by atoms with Crippen molar-refractivity contribution in [3.05, 3.63) is 17.5 Å². The smallest absolute Gasteiger partial charge is 0.257 e. The van der Waals surface area contributed by atoms with Crippen LogP contribution in [0, 0.1) is 6.92 Å². The minimum absolute atomic E-state index is 0.00792. The molecular weight excluding hydrogens is 192 g/mol. The Balaban J connectivity index is 2.87. The van der Waals surface area contributed by atoms with Gasteiger partial charge in [0.15, 0.2) is 0 Å². The number of amides is 1. The van der Waals surface area contributed by atoms with Crippen LogP contribution in [-0.4, -0.2) is 40.2 Å². The first-order valence-corrected chi connectivity index (χ1v) is 5.09. The monoisotopic (exact) mass is 210 g/mol. The fraction of sp³-hybridized carbons (Fsp3) is 0.600. The third-order valence-electron chi connectivity index (χ3n) is 2.53. The Morgan fingerprint density at radius 3 is 2.73 bits per heavy atom. The average molecular weight is 210 g/mol. The predicted molar refractivity (Wildman–Crippen MR) is 58.6 cm³/mol. The van der Waals surface area contributed by atoms with Crippen molar-refractivity contribution in [1.82, 2.24) is 14.7 Å². The SMILES string of the molecule is CCN(CCN)C(=O)c1cnn(C)c1C. The van der Waals surface area contributed by atoms with Crippen LogP contribution in [0.2, 0.25) is 0 Å². The van der Waals surface area contributed by atoms with Gasteiger partial charge in [0.2, 0.25) is 0 Å². The second-order valence-electron chi connectivity index (χ2n) is 3.44. The van der Waals surface area contributed by atoms with E-state index in [9.17, 15) is 4.79 Å². The van der Waals surface area contributed by atoms with Crippen LogP contribution in [0.25, 0.3) is 0 Å². The van der Waals surface area contributed by atoms with Crippen molar-refractivity contribution in [2.75, 3.05) is 19.6 Å². The van der Waals surface area contributed by atoms with Crippen molar-refractivity contribution >= 4 is 5.91 Å². The lowest BCUT2D eigenvalue weighted by Crippen LogP contribution is -2.35. The van der Waals surface area contributed by atoms with E-state index in [0.717, 1.165) is 5.69 Å². The summed E-state index contributed by atoms with van der Waals surface area (Å²) in [5.74, 6) is 0.00792. The van der Waals surface area contributed by atoms with Crippen molar-refractivity contribution in [2.24, 2.45) is 12.8 Å². The minimum Gasteiger partial charge on any atom is -0.338 e. The third-order valence-corrected chi connectivity index (χ3v) is 2.53. The van der Waals surface area contributed by atoms with Crippen molar-refractivity contribution < 1.29 is 4.79 Å². The Bertz CT molecular complexity index is 345.